The van der Waals surface area contributed by atoms with Crippen LogP contribution in [0.4, 0.5) is 0 Å². The van der Waals surface area contributed by atoms with Gasteiger partial charge >= 0.3 is 5.97 Å². The number of rotatable bonds is 8. The highest BCUT2D eigenvalue weighted by Gasteiger charge is 2.51. The van der Waals surface area contributed by atoms with Gasteiger partial charge in [-0.2, -0.15) is 0 Å². The van der Waals surface area contributed by atoms with Gasteiger partial charge in [0.15, 0.2) is 6.54 Å². The van der Waals surface area contributed by atoms with Crippen LogP contribution in [-0.4, -0.2) is 23.1 Å². The lowest BCUT2D eigenvalue weighted by Gasteiger charge is -2.37. The Morgan fingerprint density at radius 2 is 1.65 bits per heavy atom. The third-order valence-corrected chi connectivity index (χ3v) is 7.06. The normalized spacial score (nSPS) is 17.7. The minimum absolute atomic E-state index is 0. The van der Waals surface area contributed by atoms with E-state index in [-0.39, 0.29) is 47.4 Å². The number of ether oxygens (including phenoxy) is 1. The molecule has 2 aromatic carbocycles. The predicted molar refractivity (Wildman–Crippen MR) is 125 cm³/mol. The maximum absolute atomic E-state index is 13.3. The molecule has 0 saturated heterocycles. The molecule has 6 nitrogen and oxygen atoms in total. The van der Waals surface area contributed by atoms with Crippen molar-refractivity contribution in [3.05, 3.63) is 90.0 Å². The molecule has 7 heteroatoms. The van der Waals surface area contributed by atoms with Crippen molar-refractivity contribution in [2.45, 2.75) is 51.1 Å². The quantitative estimate of drug-likeness (QED) is 0.343. The van der Waals surface area contributed by atoms with Gasteiger partial charge in [0.05, 0.1) is 6.61 Å². The zero-order chi connectivity index (χ0) is 23.4. The number of hydrogen-bond acceptors (Lipinski definition) is 3. The van der Waals surface area contributed by atoms with Gasteiger partial charge in [-0.1, -0.05) is 60.7 Å². The number of hydrogen-bond donors (Lipinski definition) is 1. The summed E-state index contributed by atoms with van der Waals surface area (Å²) in [5.74, 6) is 0.503. The van der Waals surface area contributed by atoms with Crippen LogP contribution in [-0.2, 0) is 26.3 Å². The average molecular weight is 526 g/mol. The Bertz CT molecular complexity index is 1080. The number of imidazole rings is 1. The Morgan fingerprint density at radius 3 is 2.18 bits per heavy atom. The summed E-state index contributed by atoms with van der Waals surface area (Å²) in [6.07, 6.45) is 6.59. The summed E-state index contributed by atoms with van der Waals surface area (Å²) in [7, 11) is 0. The largest absolute Gasteiger partial charge is 1.00 e. The van der Waals surface area contributed by atoms with Crippen LogP contribution < -0.4 is 27.3 Å². The summed E-state index contributed by atoms with van der Waals surface area (Å²) in [6.45, 7) is 4.39. The Labute approximate surface area is 211 Å². The van der Waals surface area contributed by atoms with Crippen molar-refractivity contribution in [3.63, 3.8) is 0 Å². The molecule has 0 radical (unpaired) electrons. The molecule has 3 aromatic rings. The molecule has 0 unspecified atom stereocenters. The first-order valence-electron chi connectivity index (χ1n) is 11.6. The van der Waals surface area contributed by atoms with Crippen molar-refractivity contribution in [2.75, 3.05) is 6.61 Å². The molecule has 1 aliphatic rings. The molecule has 0 aliphatic heterocycles. The molecule has 1 aliphatic carbocycles. The number of halogens is 1. The summed E-state index contributed by atoms with van der Waals surface area (Å²) >= 11 is 0. The van der Waals surface area contributed by atoms with Crippen molar-refractivity contribution in [1.29, 1.82) is 0 Å². The molecule has 0 spiro atoms. The van der Waals surface area contributed by atoms with E-state index in [0.29, 0.717) is 6.61 Å². The molecule has 2 N–H and O–H groups in total. The zero-order valence-corrected chi connectivity index (χ0v) is 21.3. The number of esters is 1. The Hall–Kier alpha value is -2.93. The van der Waals surface area contributed by atoms with E-state index in [1.807, 2.05) is 91.5 Å². The number of nitrogens with zero attached hydrogens (tertiary/aromatic N) is 2. The maximum atomic E-state index is 13.3. The maximum Gasteiger partial charge on any atom is 0.348 e. The predicted octanol–water partition coefficient (Wildman–Crippen LogP) is 0.464. The van der Waals surface area contributed by atoms with E-state index in [2.05, 4.69) is 4.57 Å². The first-order chi connectivity index (χ1) is 16.0. The fraction of sp³-hybridized carbons (Fsp3) is 0.370. The van der Waals surface area contributed by atoms with Gasteiger partial charge < -0.3 is 27.5 Å². The van der Waals surface area contributed by atoms with Crippen LogP contribution in [0.3, 0.4) is 0 Å². The molecule has 180 valence electrons. The topological polar surface area (TPSA) is 78.2 Å². The highest BCUT2D eigenvalue weighted by Crippen LogP contribution is 2.48. The lowest BCUT2D eigenvalue weighted by molar-refractivity contribution is -0.727. The molecule has 1 heterocycles. The van der Waals surface area contributed by atoms with Crippen LogP contribution in [0.2, 0.25) is 0 Å². The smallest absolute Gasteiger partial charge is 0.348 e. The highest BCUT2D eigenvalue weighted by molar-refractivity contribution is 5.91. The van der Waals surface area contributed by atoms with Gasteiger partial charge in [0.1, 0.15) is 23.9 Å². The molecule has 4 rings (SSSR count). The van der Waals surface area contributed by atoms with E-state index in [1.165, 1.54) is 0 Å². The Kier molecular flexibility index (Phi) is 8.31. The fourth-order valence-electron chi connectivity index (χ4n) is 5.54. The number of aromatic nitrogens is 2. The molecule has 2 atom stereocenters. The highest BCUT2D eigenvalue weighted by atomic mass is 79.9. The van der Waals surface area contributed by atoms with E-state index in [0.717, 1.165) is 36.2 Å². The standard InChI is InChI=1S/C27H31N3O3.BrH/c1-3-33-25(31)19-29-16-17-30(20(29)2)24-15-14-23(18-24)27(26(28)32,21-10-6-4-7-11-21)22-12-8-5-9-13-22;/h4-13,16-17,23-24H,3,14-15,18-19H2,1-2H3,(H-,28,32);1H/t23-,24+;/m1./s1. The zero-order valence-electron chi connectivity index (χ0n) is 19.7. The van der Waals surface area contributed by atoms with Crippen LogP contribution in [0, 0.1) is 12.8 Å². The van der Waals surface area contributed by atoms with Crippen LogP contribution in [0.25, 0.3) is 0 Å². The molecular weight excluding hydrogens is 494 g/mol. The van der Waals surface area contributed by atoms with Gasteiger partial charge in [-0.15, -0.1) is 0 Å². The van der Waals surface area contributed by atoms with E-state index >= 15 is 0 Å². The van der Waals surface area contributed by atoms with E-state index < -0.39 is 5.41 Å². The van der Waals surface area contributed by atoms with E-state index in [9.17, 15) is 9.59 Å². The van der Waals surface area contributed by atoms with Gasteiger partial charge in [-0.3, -0.25) is 4.79 Å². The summed E-state index contributed by atoms with van der Waals surface area (Å²) in [5.41, 5.74) is 7.21. The first-order valence-corrected chi connectivity index (χ1v) is 11.6. The number of carbonyl (C=O) groups is 2. The van der Waals surface area contributed by atoms with Crippen molar-refractivity contribution in [2.24, 2.45) is 11.7 Å². The van der Waals surface area contributed by atoms with E-state index in [1.54, 1.807) is 0 Å². The number of primary amides is 1. The van der Waals surface area contributed by atoms with Crippen LogP contribution >= 0.6 is 0 Å². The van der Waals surface area contributed by atoms with E-state index in [4.69, 9.17) is 10.5 Å². The summed E-state index contributed by atoms with van der Waals surface area (Å²) < 4.78 is 9.24. The summed E-state index contributed by atoms with van der Waals surface area (Å²) in [4.78, 5) is 25.2. The molecule has 1 amide bonds. The molecule has 0 bridgehead atoms. The van der Waals surface area contributed by atoms with Crippen LogP contribution in [0.1, 0.15) is 49.2 Å². The third-order valence-electron chi connectivity index (χ3n) is 7.06. The van der Waals surface area contributed by atoms with Gasteiger partial charge in [0.2, 0.25) is 5.91 Å². The SMILES string of the molecule is CCOC(=O)Cn1cc[n+]([C@H]2CC[C@@H](C(C(N)=O)(c3ccccc3)c3ccccc3)C2)c1C.[Br-]. The number of amides is 1. The Morgan fingerprint density at radius 1 is 1.06 bits per heavy atom. The summed E-state index contributed by atoms with van der Waals surface area (Å²) in [5, 5.41) is 0. The van der Waals surface area contributed by atoms with Gasteiger partial charge in [-0.05, 0) is 43.2 Å². The molecule has 1 aromatic heterocycles. The minimum Gasteiger partial charge on any atom is -1.00 e. The number of nitrogens with two attached hydrogens (primary N) is 1. The molecule has 1 fully saturated rings. The molecule has 1 saturated carbocycles. The van der Waals surface area contributed by atoms with Gasteiger partial charge in [0.25, 0.3) is 5.82 Å². The number of carbonyl (C=O) groups excluding carboxylic acids is 2. The summed E-state index contributed by atoms with van der Waals surface area (Å²) in [6, 6.07) is 20.1. The molecule has 34 heavy (non-hydrogen) atoms. The molecular formula is C27H32BrN3O3. The average Bonchev–Trinajstić information content (AvgIpc) is 3.43. The van der Waals surface area contributed by atoms with Crippen LogP contribution in [0.15, 0.2) is 73.1 Å². The number of benzene rings is 2. The second kappa shape index (κ2) is 11.0. The van der Waals surface area contributed by atoms with Crippen LogP contribution in [0.5, 0.6) is 0 Å². The fourth-order valence-corrected chi connectivity index (χ4v) is 5.54. The first kappa shape index (κ1) is 25.7. The lowest BCUT2D eigenvalue weighted by atomic mass is 9.64. The van der Waals surface area contributed by atoms with Crippen molar-refractivity contribution < 1.29 is 35.9 Å². The van der Waals surface area contributed by atoms with Crippen molar-refractivity contribution in [1.82, 2.24) is 4.57 Å². The van der Waals surface area contributed by atoms with Gasteiger partial charge in [0, 0.05) is 6.92 Å². The van der Waals surface area contributed by atoms with Crippen molar-refractivity contribution >= 4 is 11.9 Å². The van der Waals surface area contributed by atoms with Crippen molar-refractivity contribution in [3.8, 4) is 0 Å². The Balaban J connectivity index is 0.00000324. The lowest BCUT2D eigenvalue weighted by Crippen LogP contribution is -3.00. The second-order valence-corrected chi connectivity index (χ2v) is 8.75. The van der Waals surface area contributed by atoms with Gasteiger partial charge in [-0.25, -0.2) is 13.9 Å². The third kappa shape index (κ3) is 4.67. The minimum atomic E-state index is -0.890. The second-order valence-electron chi connectivity index (χ2n) is 8.75. The monoisotopic (exact) mass is 525 g/mol.